The van der Waals surface area contributed by atoms with E-state index in [-0.39, 0.29) is 5.91 Å². The Labute approximate surface area is 130 Å². The highest BCUT2D eigenvalue weighted by Crippen LogP contribution is 2.40. The number of carbonyl (C=O) groups is 1. The Morgan fingerprint density at radius 3 is 3.10 bits per heavy atom. The molecular weight excluding hydrogens is 338 g/mol. The highest BCUT2D eigenvalue weighted by molar-refractivity contribution is 9.10. The lowest BCUT2D eigenvalue weighted by molar-refractivity contribution is 0.101. The number of carbonyl (C=O) groups excluding carboxylic acids is 1. The standard InChI is InChI=1S/C14H16BrN3OS/c1-2-5-18-7-10(15)6-12(18)13(19)17-14-16-11(8-20-14)9-3-4-9/h6-9H,2-5H2,1H3,(H,16,17,19). The zero-order valence-electron chi connectivity index (χ0n) is 11.2. The van der Waals surface area contributed by atoms with Crippen molar-refractivity contribution in [2.45, 2.75) is 38.6 Å². The van der Waals surface area contributed by atoms with Crippen molar-refractivity contribution in [2.24, 2.45) is 0 Å². The van der Waals surface area contributed by atoms with Gasteiger partial charge in [-0.1, -0.05) is 6.92 Å². The highest BCUT2D eigenvalue weighted by Gasteiger charge is 2.26. The summed E-state index contributed by atoms with van der Waals surface area (Å²) in [5, 5.41) is 5.64. The van der Waals surface area contributed by atoms with Crippen molar-refractivity contribution in [3.8, 4) is 0 Å². The van der Waals surface area contributed by atoms with Crippen molar-refractivity contribution in [3.63, 3.8) is 0 Å². The molecule has 4 nitrogen and oxygen atoms in total. The molecule has 1 aliphatic rings. The van der Waals surface area contributed by atoms with Crippen molar-refractivity contribution in [2.75, 3.05) is 5.32 Å². The van der Waals surface area contributed by atoms with Crippen LogP contribution in [0.2, 0.25) is 0 Å². The maximum absolute atomic E-state index is 12.3. The Morgan fingerprint density at radius 2 is 2.40 bits per heavy atom. The third-order valence-corrected chi connectivity index (χ3v) is 4.51. The topological polar surface area (TPSA) is 46.9 Å². The quantitative estimate of drug-likeness (QED) is 0.873. The molecule has 1 amide bonds. The summed E-state index contributed by atoms with van der Waals surface area (Å²) in [6.45, 7) is 2.93. The van der Waals surface area contributed by atoms with Crippen LogP contribution in [0, 0.1) is 0 Å². The molecule has 0 saturated heterocycles. The lowest BCUT2D eigenvalue weighted by atomic mass is 10.3. The smallest absolute Gasteiger partial charge is 0.274 e. The Bertz CT molecular complexity index is 630. The molecule has 1 aliphatic carbocycles. The van der Waals surface area contributed by atoms with Crippen LogP contribution < -0.4 is 5.32 Å². The molecule has 1 N–H and O–H groups in total. The first-order valence-electron chi connectivity index (χ1n) is 6.80. The second-order valence-electron chi connectivity index (χ2n) is 5.04. The van der Waals surface area contributed by atoms with Gasteiger partial charge in [0.05, 0.1) is 5.69 Å². The van der Waals surface area contributed by atoms with Crippen molar-refractivity contribution >= 4 is 38.3 Å². The summed E-state index contributed by atoms with van der Waals surface area (Å²) in [4.78, 5) is 16.8. The van der Waals surface area contributed by atoms with Gasteiger partial charge in [-0.05, 0) is 41.3 Å². The van der Waals surface area contributed by atoms with Gasteiger partial charge < -0.3 is 4.57 Å². The van der Waals surface area contributed by atoms with E-state index in [1.165, 1.54) is 24.2 Å². The van der Waals surface area contributed by atoms with Gasteiger partial charge in [0.15, 0.2) is 5.13 Å². The van der Waals surface area contributed by atoms with Gasteiger partial charge in [-0.15, -0.1) is 11.3 Å². The predicted molar refractivity (Wildman–Crippen MR) is 84.5 cm³/mol. The Kier molecular flexibility index (Phi) is 3.94. The average Bonchev–Trinajstić information content (AvgIpc) is 3.05. The van der Waals surface area contributed by atoms with E-state index in [0.29, 0.717) is 16.7 Å². The van der Waals surface area contributed by atoms with E-state index in [1.807, 2.05) is 22.2 Å². The van der Waals surface area contributed by atoms with E-state index in [0.717, 1.165) is 23.1 Å². The predicted octanol–water partition coefficient (Wildman–Crippen LogP) is 4.25. The van der Waals surface area contributed by atoms with E-state index >= 15 is 0 Å². The Hall–Kier alpha value is -1.14. The van der Waals surface area contributed by atoms with Crippen LogP contribution in [-0.4, -0.2) is 15.5 Å². The number of halogens is 1. The van der Waals surface area contributed by atoms with Gasteiger partial charge in [-0.2, -0.15) is 0 Å². The third kappa shape index (κ3) is 2.96. The van der Waals surface area contributed by atoms with Crippen LogP contribution >= 0.6 is 27.3 Å². The third-order valence-electron chi connectivity index (χ3n) is 3.30. The minimum Gasteiger partial charge on any atom is -0.342 e. The van der Waals surface area contributed by atoms with Crippen LogP contribution in [-0.2, 0) is 6.54 Å². The van der Waals surface area contributed by atoms with Crippen LogP contribution in [0.4, 0.5) is 5.13 Å². The minimum atomic E-state index is -0.0964. The van der Waals surface area contributed by atoms with Gasteiger partial charge in [-0.3, -0.25) is 10.1 Å². The van der Waals surface area contributed by atoms with E-state index < -0.39 is 0 Å². The monoisotopic (exact) mass is 353 g/mol. The lowest BCUT2D eigenvalue weighted by Crippen LogP contribution is -2.16. The van der Waals surface area contributed by atoms with E-state index in [9.17, 15) is 4.79 Å². The number of amides is 1. The number of aromatic nitrogens is 2. The molecule has 0 spiro atoms. The van der Waals surface area contributed by atoms with E-state index in [4.69, 9.17) is 0 Å². The first-order chi connectivity index (χ1) is 9.67. The second kappa shape index (κ2) is 5.69. The second-order valence-corrected chi connectivity index (χ2v) is 6.82. The summed E-state index contributed by atoms with van der Waals surface area (Å²) >= 11 is 4.93. The number of nitrogens with one attached hydrogen (secondary N) is 1. The first-order valence-corrected chi connectivity index (χ1v) is 8.47. The molecule has 0 atom stereocenters. The fourth-order valence-electron chi connectivity index (χ4n) is 2.16. The maximum Gasteiger partial charge on any atom is 0.274 e. The molecule has 0 unspecified atom stereocenters. The lowest BCUT2D eigenvalue weighted by Gasteiger charge is -2.06. The summed E-state index contributed by atoms with van der Waals surface area (Å²) in [6.07, 6.45) is 5.38. The average molecular weight is 354 g/mol. The SMILES string of the molecule is CCCn1cc(Br)cc1C(=O)Nc1nc(C2CC2)cs1. The summed E-state index contributed by atoms with van der Waals surface area (Å²) in [5.41, 5.74) is 1.79. The number of thiazole rings is 1. The van der Waals surface area contributed by atoms with E-state index in [1.54, 1.807) is 0 Å². The molecular formula is C14H16BrN3OS. The number of aryl methyl sites for hydroxylation is 1. The molecule has 0 radical (unpaired) electrons. The van der Waals surface area contributed by atoms with Gasteiger partial charge in [-0.25, -0.2) is 4.98 Å². The number of rotatable bonds is 5. The van der Waals surface area contributed by atoms with Crippen LogP contribution in [0.3, 0.4) is 0 Å². The molecule has 20 heavy (non-hydrogen) atoms. The van der Waals surface area contributed by atoms with E-state index in [2.05, 4.69) is 33.2 Å². The van der Waals surface area contributed by atoms with Crippen LogP contribution in [0.1, 0.15) is 48.3 Å². The summed E-state index contributed by atoms with van der Waals surface area (Å²) in [7, 11) is 0. The number of hydrogen-bond donors (Lipinski definition) is 1. The number of hydrogen-bond acceptors (Lipinski definition) is 3. The Morgan fingerprint density at radius 1 is 1.60 bits per heavy atom. The summed E-state index contributed by atoms with van der Waals surface area (Å²) in [5.74, 6) is 0.524. The van der Waals surface area contributed by atoms with Gasteiger partial charge >= 0.3 is 0 Å². The molecule has 2 aromatic heterocycles. The highest BCUT2D eigenvalue weighted by atomic mass is 79.9. The number of anilines is 1. The molecule has 3 rings (SSSR count). The fraction of sp³-hybridized carbons (Fsp3) is 0.429. The first kappa shape index (κ1) is 13.8. The van der Waals surface area contributed by atoms with Gasteiger partial charge in [0.25, 0.3) is 5.91 Å². The molecule has 0 aliphatic heterocycles. The zero-order chi connectivity index (χ0) is 14.1. The fourth-order valence-corrected chi connectivity index (χ4v) is 3.41. The van der Waals surface area contributed by atoms with Gasteiger partial charge in [0.2, 0.25) is 0 Å². The van der Waals surface area contributed by atoms with Crippen molar-refractivity contribution in [3.05, 3.63) is 33.5 Å². The zero-order valence-corrected chi connectivity index (χ0v) is 13.6. The molecule has 106 valence electrons. The largest absolute Gasteiger partial charge is 0.342 e. The Balaban J connectivity index is 1.74. The summed E-state index contributed by atoms with van der Waals surface area (Å²) < 4.78 is 2.89. The van der Waals surface area contributed by atoms with Crippen molar-refractivity contribution < 1.29 is 4.79 Å². The molecule has 1 saturated carbocycles. The summed E-state index contributed by atoms with van der Waals surface area (Å²) in [6, 6.07) is 1.85. The molecule has 0 bridgehead atoms. The van der Waals surface area contributed by atoms with Gasteiger partial charge in [0.1, 0.15) is 5.69 Å². The molecule has 1 fully saturated rings. The molecule has 6 heteroatoms. The van der Waals surface area contributed by atoms with Crippen LogP contribution in [0.25, 0.3) is 0 Å². The molecule has 2 heterocycles. The van der Waals surface area contributed by atoms with Crippen molar-refractivity contribution in [1.29, 1.82) is 0 Å². The van der Waals surface area contributed by atoms with Gasteiger partial charge in [0, 0.05) is 28.5 Å². The maximum atomic E-state index is 12.3. The minimum absolute atomic E-state index is 0.0964. The molecule has 0 aromatic carbocycles. The van der Waals surface area contributed by atoms with Crippen LogP contribution in [0.5, 0.6) is 0 Å². The number of nitrogens with zero attached hydrogens (tertiary/aromatic N) is 2. The van der Waals surface area contributed by atoms with Crippen molar-refractivity contribution in [1.82, 2.24) is 9.55 Å². The van der Waals surface area contributed by atoms with Crippen LogP contribution in [0.15, 0.2) is 22.1 Å². The normalized spacial score (nSPS) is 14.5. The molecule has 2 aromatic rings.